The largest absolute Gasteiger partial charge is 1.00 e. The molecule has 1 heterocycles. The van der Waals surface area contributed by atoms with E-state index in [9.17, 15) is 0 Å². The monoisotopic (exact) mass is 422 g/mol. The van der Waals surface area contributed by atoms with Gasteiger partial charge in [0.05, 0.1) is 26.9 Å². The molecule has 0 bridgehead atoms. The van der Waals surface area contributed by atoms with E-state index in [4.69, 9.17) is 14.2 Å². The van der Waals surface area contributed by atoms with Crippen LogP contribution in [-0.2, 0) is 6.54 Å². The van der Waals surface area contributed by atoms with Gasteiger partial charge in [-0.1, -0.05) is 35.9 Å². The fourth-order valence-corrected chi connectivity index (χ4v) is 3.43. The van der Waals surface area contributed by atoms with E-state index in [0.717, 1.165) is 28.1 Å². The van der Waals surface area contributed by atoms with Gasteiger partial charge in [0.25, 0.3) is 0 Å². The van der Waals surface area contributed by atoms with Crippen LogP contribution >= 0.6 is 0 Å². The molecule has 0 saturated carbocycles. The van der Waals surface area contributed by atoms with Crippen LogP contribution in [0.1, 0.15) is 5.56 Å². The van der Waals surface area contributed by atoms with E-state index in [0.29, 0.717) is 23.8 Å². The number of ether oxygens (including phenoxy) is 3. The third-order valence-corrected chi connectivity index (χ3v) is 4.98. The summed E-state index contributed by atoms with van der Waals surface area (Å²) in [6.07, 6.45) is 3.74. The second kappa shape index (κ2) is 10.5. The van der Waals surface area contributed by atoms with Crippen molar-refractivity contribution in [3.63, 3.8) is 0 Å². The molecule has 0 aliphatic rings. The molecule has 3 aromatic carbocycles. The summed E-state index contributed by atoms with van der Waals surface area (Å²) >= 11 is 0. The van der Waals surface area contributed by atoms with Crippen molar-refractivity contribution >= 4 is 0 Å². The molecule has 4 aromatic rings. The molecule has 5 nitrogen and oxygen atoms in total. The van der Waals surface area contributed by atoms with Gasteiger partial charge < -0.3 is 18.8 Å². The predicted molar refractivity (Wildman–Crippen MR) is 117 cm³/mol. The maximum absolute atomic E-state index is 5.59. The van der Waals surface area contributed by atoms with Gasteiger partial charge in [-0.15, -0.1) is 35.4 Å². The van der Waals surface area contributed by atoms with Crippen LogP contribution in [-0.4, -0.2) is 30.9 Å². The zero-order chi connectivity index (χ0) is 20.9. The van der Waals surface area contributed by atoms with E-state index in [2.05, 4.69) is 39.9 Å². The Labute approximate surface area is 204 Å². The molecule has 0 amide bonds. The molecule has 0 N–H and O–H groups in total. The average Bonchev–Trinajstić information content (AvgIpc) is 3.27. The van der Waals surface area contributed by atoms with Gasteiger partial charge >= 0.3 is 29.6 Å². The van der Waals surface area contributed by atoms with Gasteiger partial charge in [-0.25, -0.2) is 4.98 Å². The van der Waals surface area contributed by atoms with Crippen molar-refractivity contribution in [1.82, 2.24) is 9.55 Å². The van der Waals surface area contributed by atoms with Crippen LogP contribution in [0.2, 0.25) is 0 Å². The standard InChI is InChI=1S/C25H23N2O3.Na/c1-28-22-16-24(30-3)23(29-2)15-21(22)25-26-13-14-27(25)17-18-9-11-20(12-10-18)19-7-5-4-6-8-19;/h4-11,13-16H,17H2,1-3H3;/q-1;+1. The van der Waals surface area contributed by atoms with Crippen LogP contribution < -0.4 is 43.8 Å². The van der Waals surface area contributed by atoms with Crippen LogP contribution in [0.25, 0.3) is 22.5 Å². The zero-order valence-electron chi connectivity index (χ0n) is 18.3. The first-order chi connectivity index (χ1) is 14.7. The van der Waals surface area contributed by atoms with Crippen molar-refractivity contribution in [2.45, 2.75) is 6.54 Å². The summed E-state index contributed by atoms with van der Waals surface area (Å²) < 4.78 is 18.5. The Bertz CT molecular complexity index is 1130. The number of rotatable bonds is 7. The number of hydrogen-bond acceptors (Lipinski definition) is 4. The summed E-state index contributed by atoms with van der Waals surface area (Å²) in [6.45, 7) is 0.665. The van der Waals surface area contributed by atoms with E-state index >= 15 is 0 Å². The molecule has 6 heteroatoms. The normalized spacial score (nSPS) is 10.3. The van der Waals surface area contributed by atoms with Crippen LogP contribution in [0.3, 0.4) is 0 Å². The Balaban J connectivity index is 0.00000272. The molecule has 31 heavy (non-hydrogen) atoms. The Morgan fingerprint density at radius 1 is 0.871 bits per heavy atom. The van der Waals surface area contributed by atoms with Crippen molar-refractivity contribution in [3.8, 4) is 39.8 Å². The molecular formula is C25H23N2NaO3. The van der Waals surface area contributed by atoms with Crippen LogP contribution in [0.5, 0.6) is 17.2 Å². The minimum Gasteiger partial charge on any atom is -0.496 e. The Hall–Kier alpha value is -2.73. The number of nitrogens with zero attached hydrogens (tertiary/aromatic N) is 2. The molecule has 0 aliphatic carbocycles. The maximum Gasteiger partial charge on any atom is 1.00 e. The molecule has 0 unspecified atom stereocenters. The summed E-state index contributed by atoms with van der Waals surface area (Å²) in [7, 11) is 4.85. The van der Waals surface area contributed by atoms with E-state index in [-0.39, 0.29) is 29.6 Å². The van der Waals surface area contributed by atoms with Gasteiger partial charge in [0.1, 0.15) is 11.6 Å². The van der Waals surface area contributed by atoms with Crippen molar-refractivity contribution in [2.75, 3.05) is 21.3 Å². The van der Waals surface area contributed by atoms with Gasteiger partial charge in [0.2, 0.25) is 0 Å². The molecule has 0 fully saturated rings. The maximum atomic E-state index is 5.59. The smallest absolute Gasteiger partial charge is 0.496 e. The minimum atomic E-state index is 0. The summed E-state index contributed by atoms with van der Waals surface area (Å²) in [4.78, 5) is 4.56. The number of imidazole rings is 1. The fourth-order valence-electron chi connectivity index (χ4n) is 3.43. The number of aromatic nitrogens is 2. The van der Waals surface area contributed by atoms with Crippen molar-refractivity contribution in [1.29, 1.82) is 0 Å². The topological polar surface area (TPSA) is 45.5 Å². The van der Waals surface area contributed by atoms with Gasteiger partial charge in [0.15, 0.2) is 11.5 Å². The quantitative estimate of drug-likeness (QED) is 0.338. The predicted octanol–water partition coefficient (Wildman–Crippen LogP) is 2.10. The third kappa shape index (κ3) is 4.96. The van der Waals surface area contributed by atoms with E-state index in [1.165, 1.54) is 0 Å². The minimum absolute atomic E-state index is 0. The van der Waals surface area contributed by atoms with Gasteiger partial charge in [0, 0.05) is 25.0 Å². The number of methoxy groups -OCH3 is 3. The molecule has 0 radical (unpaired) electrons. The zero-order valence-corrected chi connectivity index (χ0v) is 20.3. The van der Waals surface area contributed by atoms with E-state index in [1.54, 1.807) is 27.5 Å². The SMILES string of the molecule is COc1cc(OC)c(-c2nccn2Cc2c[c-]c(-c3ccccc3)cc2)cc1OC.[Na+]. The molecular weight excluding hydrogens is 399 g/mol. The first-order valence-corrected chi connectivity index (χ1v) is 9.61. The summed E-state index contributed by atoms with van der Waals surface area (Å²) in [5, 5.41) is 0. The number of hydrogen-bond donors (Lipinski definition) is 0. The number of benzene rings is 3. The summed E-state index contributed by atoms with van der Waals surface area (Å²) in [5.74, 6) is 2.71. The van der Waals surface area contributed by atoms with Crippen LogP contribution in [0.4, 0.5) is 0 Å². The Morgan fingerprint density at radius 3 is 2.23 bits per heavy atom. The van der Waals surface area contributed by atoms with Crippen LogP contribution in [0.15, 0.2) is 73.1 Å². The average molecular weight is 422 g/mol. The first-order valence-electron chi connectivity index (χ1n) is 9.61. The third-order valence-electron chi connectivity index (χ3n) is 4.98. The van der Waals surface area contributed by atoms with Crippen molar-refractivity contribution in [2.24, 2.45) is 0 Å². The second-order valence-electron chi connectivity index (χ2n) is 6.76. The van der Waals surface area contributed by atoms with E-state index in [1.807, 2.05) is 42.6 Å². The molecule has 0 saturated heterocycles. The van der Waals surface area contributed by atoms with Crippen molar-refractivity contribution in [3.05, 3.63) is 84.7 Å². The summed E-state index contributed by atoms with van der Waals surface area (Å²) in [5.41, 5.74) is 4.20. The Morgan fingerprint density at radius 2 is 1.58 bits per heavy atom. The van der Waals surface area contributed by atoms with Crippen molar-refractivity contribution < 1.29 is 43.8 Å². The molecule has 0 aliphatic heterocycles. The fraction of sp³-hybridized carbons (Fsp3) is 0.160. The van der Waals surface area contributed by atoms with Crippen LogP contribution in [0, 0.1) is 6.07 Å². The molecule has 0 atom stereocenters. The second-order valence-corrected chi connectivity index (χ2v) is 6.76. The first kappa shape index (κ1) is 22.9. The Kier molecular flexibility index (Phi) is 7.80. The van der Waals surface area contributed by atoms with Gasteiger partial charge in [-0.05, 0) is 6.07 Å². The summed E-state index contributed by atoms with van der Waals surface area (Å²) in [6, 6.07) is 23.6. The van der Waals surface area contributed by atoms with E-state index < -0.39 is 0 Å². The van der Waals surface area contributed by atoms with Gasteiger partial charge in [-0.2, -0.15) is 0 Å². The van der Waals surface area contributed by atoms with Gasteiger partial charge in [-0.3, -0.25) is 0 Å². The molecule has 1 aromatic heterocycles. The molecule has 4 rings (SSSR count). The molecule has 0 spiro atoms. The molecule has 152 valence electrons.